The van der Waals surface area contributed by atoms with Gasteiger partial charge in [0.05, 0.1) is 11.9 Å². The van der Waals surface area contributed by atoms with E-state index < -0.39 is 0 Å². The fraction of sp³-hybridized carbons (Fsp3) is 0.688. The fourth-order valence-corrected chi connectivity index (χ4v) is 2.86. The Balaban J connectivity index is 2.30. The predicted molar refractivity (Wildman–Crippen MR) is 86.5 cm³/mol. The molecule has 0 spiro atoms. The zero-order valence-corrected chi connectivity index (χ0v) is 13.5. The van der Waals surface area contributed by atoms with Crippen molar-refractivity contribution in [3.05, 3.63) is 18.1 Å². The van der Waals surface area contributed by atoms with E-state index in [-0.39, 0.29) is 11.4 Å². The van der Waals surface area contributed by atoms with Crippen LogP contribution in [0.25, 0.3) is 0 Å². The fourth-order valence-electron chi connectivity index (χ4n) is 2.86. The summed E-state index contributed by atoms with van der Waals surface area (Å²) in [6, 6.07) is 2.02. The highest BCUT2D eigenvalue weighted by atomic mass is 19.1. The van der Waals surface area contributed by atoms with E-state index in [1.165, 1.54) is 6.20 Å². The first-order valence-corrected chi connectivity index (χ1v) is 7.82. The molecule has 1 aliphatic rings. The first-order valence-electron chi connectivity index (χ1n) is 7.82. The van der Waals surface area contributed by atoms with Crippen LogP contribution >= 0.6 is 0 Å². The van der Waals surface area contributed by atoms with E-state index in [1.807, 2.05) is 0 Å². The van der Waals surface area contributed by atoms with E-state index in [4.69, 9.17) is 0 Å². The minimum Gasteiger partial charge on any atom is -0.377 e. The van der Waals surface area contributed by atoms with Crippen molar-refractivity contribution in [3.63, 3.8) is 0 Å². The lowest BCUT2D eigenvalue weighted by atomic mass is 10.0. The lowest BCUT2D eigenvalue weighted by molar-refractivity contribution is 0.431. The normalized spacial score (nSPS) is 16.8. The van der Waals surface area contributed by atoms with Gasteiger partial charge in [-0.15, -0.1) is 0 Å². The van der Waals surface area contributed by atoms with Gasteiger partial charge in [-0.25, -0.2) is 9.37 Å². The third-order valence-corrected chi connectivity index (χ3v) is 3.71. The molecule has 1 aliphatic heterocycles. The third-order valence-electron chi connectivity index (χ3n) is 3.71. The van der Waals surface area contributed by atoms with Crippen LogP contribution in [-0.2, 0) is 0 Å². The van der Waals surface area contributed by atoms with E-state index in [0.29, 0.717) is 6.04 Å². The molecule has 2 rings (SSSR count). The van der Waals surface area contributed by atoms with Gasteiger partial charge in [-0.1, -0.05) is 0 Å². The number of hydrogen-bond acceptors (Lipinski definition) is 4. The maximum Gasteiger partial charge on any atom is 0.152 e. The summed E-state index contributed by atoms with van der Waals surface area (Å²) in [5, 5.41) is 6.77. The largest absolute Gasteiger partial charge is 0.377 e. The lowest BCUT2D eigenvalue weighted by Gasteiger charge is -2.36. The van der Waals surface area contributed by atoms with Crippen molar-refractivity contribution < 1.29 is 4.39 Å². The third kappa shape index (κ3) is 4.30. The highest BCUT2D eigenvalue weighted by Crippen LogP contribution is 2.30. The number of piperidine rings is 1. The molecule has 1 saturated heterocycles. The molecule has 4 nitrogen and oxygen atoms in total. The molecule has 0 saturated carbocycles. The number of aromatic nitrogens is 1. The van der Waals surface area contributed by atoms with Crippen LogP contribution in [0.4, 0.5) is 15.9 Å². The molecule has 21 heavy (non-hydrogen) atoms. The standard InChI is InChI=1S/C16H27FN4/c1-5-21(13-6-8-18-9-7-13)15-14(20-16(2,3)4)10-12(17)11-19-15/h10-11,13,18,20H,5-9H2,1-4H3. The predicted octanol–water partition coefficient (Wildman–Crippen LogP) is 3.01. The maximum atomic E-state index is 13.6. The lowest BCUT2D eigenvalue weighted by Crippen LogP contribution is -2.44. The van der Waals surface area contributed by atoms with Gasteiger partial charge in [0.25, 0.3) is 0 Å². The molecule has 0 bridgehead atoms. The Morgan fingerprint density at radius 1 is 1.38 bits per heavy atom. The molecule has 5 heteroatoms. The van der Waals surface area contributed by atoms with Gasteiger partial charge in [-0.3, -0.25) is 0 Å². The van der Waals surface area contributed by atoms with Gasteiger partial charge in [0, 0.05) is 24.2 Å². The Morgan fingerprint density at radius 2 is 2.05 bits per heavy atom. The number of rotatable bonds is 4. The second kappa shape index (κ2) is 6.60. The van der Waals surface area contributed by atoms with Gasteiger partial charge in [0.1, 0.15) is 5.82 Å². The summed E-state index contributed by atoms with van der Waals surface area (Å²) in [5.74, 6) is 0.563. The highest BCUT2D eigenvalue weighted by Gasteiger charge is 2.24. The summed E-state index contributed by atoms with van der Waals surface area (Å²) < 4.78 is 13.6. The topological polar surface area (TPSA) is 40.2 Å². The Morgan fingerprint density at radius 3 is 2.62 bits per heavy atom. The number of anilines is 2. The maximum absolute atomic E-state index is 13.6. The van der Waals surface area contributed by atoms with Crippen molar-refractivity contribution in [2.45, 2.75) is 52.1 Å². The highest BCUT2D eigenvalue weighted by molar-refractivity contribution is 5.67. The van der Waals surface area contributed by atoms with E-state index in [2.05, 4.69) is 48.2 Å². The number of hydrogen-bond donors (Lipinski definition) is 2. The van der Waals surface area contributed by atoms with E-state index in [1.54, 1.807) is 6.07 Å². The van der Waals surface area contributed by atoms with E-state index >= 15 is 0 Å². The Hall–Kier alpha value is -1.36. The second-order valence-corrected chi connectivity index (χ2v) is 6.67. The van der Waals surface area contributed by atoms with Gasteiger partial charge >= 0.3 is 0 Å². The van der Waals surface area contributed by atoms with E-state index in [9.17, 15) is 4.39 Å². The van der Waals surface area contributed by atoms with Crippen LogP contribution in [0.2, 0.25) is 0 Å². The number of nitrogens with zero attached hydrogens (tertiary/aromatic N) is 2. The molecule has 1 aromatic rings. The number of halogens is 1. The Labute approximate surface area is 127 Å². The molecule has 2 heterocycles. The molecule has 1 fully saturated rings. The van der Waals surface area contributed by atoms with Gasteiger partial charge in [-0.2, -0.15) is 0 Å². The molecule has 0 amide bonds. The summed E-state index contributed by atoms with van der Waals surface area (Å²) >= 11 is 0. The average Bonchev–Trinajstić information content (AvgIpc) is 2.41. The molecule has 0 radical (unpaired) electrons. The van der Waals surface area contributed by atoms with Crippen LogP contribution in [0.15, 0.2) is 12.3 Å². The molecular weight excluding hydrogens is 267 g/mol. The zero-order chi connectivity index (χ0) is 15.5. The van der Waals surface area contributed by atoms with Gasteiger partial charge < -0.3 is 15.5 Å². The van der Waals surface area contributed by atoms with Crippen molar-refractivity contribution in [3.8, 4) is 0 Å². The van der Waals surface area contributed by atoms with Gasteiger partial charge in [-0.05, 0) is 53.6 Å². The summed E-state index contributed by atoms with van der Waals surface area (Å²) in [7, 11) is 0. The molecule has 0 atom stereocenters. The van der Waals surface area contributed by atoms with Crippen molar-refractivity contribution >= 4 is 11.5 Å². The minimum atomic E-state index is -0.299. The smallest absolute Gasteiger partial charge is 0.152 e. The molecule has 2 N–H and O–H groups in total. The van der Waals surface area contributed by atoms with Gasteiger partial charge in [0.15, 0.2) is 5.82 Å². The summed E-state index contributed by atoms with van der Waals surface area (Å²) in [4.78, 5) is 6.68. The first kappa shape index (κ1) is 16.0. The Kier molecular flexibility index (Phi) is 5.04. The average molecular weight is 294 g/mol. The van der Waals surface area contributed by atoms with Crippen LogP contribution in [0.3, 0.4) is 0 Å². The molecule has 0 aliphatic carbocycles. The second-order valence-electron chi connectivity index (χ2n) is 6.67. The summed E-state index contributed by atoms with van der Waals surface area (Å²) in [6.45, 7) is 11.3. The van der Waals surface area contributed by atoms with Crippen LogP contribution in [0, 0.1) is 5.82 Å². The van der Waals surface area contributed by atoms with Crippen molar-refractivity contribution in [2.75, 3.05) is 29.9 Å². The molecule has 118 valence electrons. The first-order chi connectivity index (χ1) is 9.90. The number of nitrogens with one attached hydrogen (secondary N) is 2. The summed E-state index contributed by atoms with van der Waals surface area (Å²) in [6.07, 6.45) is 3.51. The van der Waals surface area contributed by atoms with Crippen molar-refractivity contribution in [2.24, 2.45) is 0 Å². The van der Waals surface area contributed by atoms with Crippen LogP contribution in [0.5, 0.6) is 0 Å². The minimum absolute atomic E-state index is 0.127. The SMILES string of the molecule is CCN(c1ncc(F)cc1NC(C)(C)C)C1CCNCC1. The van der Waals surface area contributed by atoms with Crippen LogP contribution in [-0.4, -0.2) is 36.2 Å². The quantitative estimate of drug-likeness (QED) is 0.895. The molecular formula is C16H27FN4. The van der Waals surface area contributed by atoms with Gasteiger partial charge in [0.2, 0.25) is 0 Å². The van der Waals surface area contributed by atoms with Crippen LogP contribution in [0.1, 0.15) is 40.5 Å². The van der Waals surface area contributed by atoms with Crippen molar-refractivity contribution in [1.82, 2.24) is 10.3 Å². The van der Waals surface area contributed by atoms with E-state index in [0.717, 1.165) is 44.0 Å². The zero-order valence-electron chi connectivity index (χ0n) is 13.5. The summed E-state index contributed by atoms with van der Waals surface area (Å²) in [5.41, 5.74) is 0.653. The van der Waals surface area contributed by atoms with Crippen molar-refractivity contribution in [1.29, 1.82) is 0 Å². The van der Waals surface area contributed by atoms with Crippen LogP contribution < -0.4 is 15.5 Å². The Bertz CT molecular complexity index is 464. The monoisotopic (exact) mass is 294 g/mol. The molecule has 1 aromatic heterocycles. The molecule has 0 unspecified atom stereocenters. The number of pyridine rings is 1. The molecule has 0 aromatic carbocycles.